The standard InChI is InChI=1S/C17H26N2O2/c1-4-18-17-15-10-14(20-3)6-5-13(15)9-16(17)19-7-8-21-11-12(19)2/h5-6,10,12,16-18H,4,7-9,11H2,1-3H3. The van der Waals surface area contributed by atoms with Gasteiger partial charge in [-0.1, -0.05) is 13.0 Å². The second kappa shape index (κ2) is 6.34. The normalized spacial score (nSPS) is 29.4. The minimum absolute atomic E-state index is 0.389. The predicted molar refractivity (Wildman–Crippen MR) is 83.9 cm³/mol. The molecule has 3 rings (SSSR count). The van der Waals surface area contributed by atoms with Crippen LogP contribution in [0.25, 0.3) is 0 Å². The summed E-state index contributed by atoms with van der Waals surface area (Å²) < 4.78 is 11.0. The number of ether oxygens (including phenoxy) is 2. The van der Waals surface area contributed by atoms with Gasteiger partial charge in [0.1, 0.15) is 5.75 Å². The fourth-order valence-corrected chi connectivity index (χ4v) is 3.73. The van der Waals surface area contributed by atoms with E-state index >= 15 is 0 Å². The van der Waals surface area contributed by atoms with Crippen molar-refractivity contribution in [1.29, 1.82) is 0 Å². The molecule has 21 heavy (non-hydrogen) atoms. The first kappa shape index (κ1) is 14.8. The minimum atomic E-state index is 0.389. The maximum absolute atomic E-state index is 5.60. The molecule has 1 fully saturated rings. The molecule has 0 radical (unpaired) electrons. The van der Waals surface area contributed by atoms with E-state index in [1.165, 1.54) is 11.1 Å². The molecule has 1 saturated heterocycles. The van der Waals surface area contributed by atoms with Gasteiger partial charge in [0.2, 0.25) is 0 Å². The smallest absolute Gasteiger partial charge is 0.119 e. The lowest BCUT2D eigenvalue weighted by Gasteiger charge is -2.40. The van der Waals surface area contributed by atoms with Crippen molar-refractivity contribution >= 4 is 0 Å². The Morgan fingerprint density at radius 2 is 2.29 bits per heavy atom. The quantitative estimate of drug-likeness (QED) is 0.919. The third-order valence-electron chi connectivity index (χ3n) is 4.77. The van der Waals surface area contributed by atoms with E-state index in [0.717, 1.165) is 38.5 Å². The zero-order chi connectivity index (χ0) is 14.8. The van der Waals surface area contributed by atoms with Crippen molar-refractivity contribution in [2.45, 2.75) is 38.4 Å². The molecule has 4 nitrogen and oxygen atoms in total. The van der Waals surface area contributed by atoms with Crippen molar-refractivity contribution in [2.24, 2.45) is 0 Å². The van der Waals surface area contributed by atoms with E-state index in [9.17, 15) is 0 Å². The average molecular weight is 290 g/mol. The number of hydrogen-bond acceptors (Lipinski definition) is 4. The first-order valence-electron chi connectivity index (χ1n) is 7.98. The summed E-state index contributed by atoms with van der Waals surface area (Å²) in [6.45, 7) is 8.15. The van der Waals surface area contributed by atoms with Crippen LogP contribution in [0.4, 0.5) is 0 Å². The maximum Gasteiger partial charge on any atom is 0.119 e. The topological polar surface area (TPSA) is 33.7 Å². The Balaban J connectivity index is 1.88. The molecule has 1 aromatic carbocycles. The fourth-order valence-electron chi connectivity index (χ4n) is 3.73. The molecule has 0 saturated carbocycles. The van der Waals surface area contributed by atoms with Crippen LogP contribution in [-0.4, -0.2) is 50.4 Å². The molecule has 1 aliphatic carbocycles. The summed E-state index contributed by atoms with van der Waals surface area (Å²) in [7, 11) is 1.74. The Kier molecular flexibility index (Phi) is 4.48. The van der Waals surface area contributed by atoms with Crippen molar-refractivity contribution in [2.75, 3.05) is 33.4 Å². The molecule has 1 N–H and O–H groups in total. The van der Waals surface area contributed by atoms with Crippen molar-refractivity contribution < 1.29 is 9.47 Å². The van der Waals surface area contributed by atoms with Crippen LogP contribution in [0.2, 0.25) is 0 Å². The van der Waals surface area contributed by atoms with Crippen molar-refractivity contribution in [3.63, 3.8) is 0 Å². The van der Waals surface area contributed by atoms with Gasteiger partial charge < -0.3 is 14.8 Å². The van der Waals surface area contributed by atoms with Crippen molar-refractivity contribution in [3.8, 4) is 5.75 Å². The number of hydrogen-bond donors (Lipinski definition) is 1. The van der Waals surface area contributed by atoms with E-state index in [1.54, 1.807) is 7.11 Å². The number of benzene rings is 1. The van der Waals surface area contributed by atoms with Gasteiger partial charge in [-0.3, -0.25) is 4.90 Å². The van der Waals surface area contributed by atoms with Crippen molar-refractivity contribution in [3.05, 3.63) is 29.3 Å². The number of fused-ring (bicyclic) bond motifs is 1. The minimum Gasteiger partial charge on any atom is -0.497 e. The molecule has 4 heteroatoms. The van der Waals surface area contributed by atoms with Crippen LogP contribution in [0.3, 0.4) is 0 Å². The first-order valence-corrected chi connectivity index (χ1v) is 7.98. The average Bonchev–Trinajstić information content (AvgIpc) is 2.86. The molecule has 0 spiro atoms. The van der Waals surface area contributed by atoms with Crippen molar-refractivity contribution in [1.82, 2.24) is 10.2 Å². The molecular formula is C17H26N2O2. The highest BCUT2D eigenvalue weighted by molar-refractivity contribution is 5.43. The number of rotatable bonds is 4. The molecule has 1 aliphatic heterocycles. The van der Waals surface area contributed by atoms with Gasteiger partial charge in [-0.05, 0) is 43.1 Å². The van der Waals surface area contributed by atoms with E-state index in [1.807, 2.05) is 0 Å². The largest absolute Gasteiger partial charge is 0.497 e. The van der Waals surface area contributed by atoms with Crippen LogP contribution in [0, 0.1) is 0 Å². The molecule has 116 valence electrons. The highest BCUT2D eigenvalue weighted by Gasteiger charge is 2.38. The lowest BCUT2D eigenvalue weighted by molar-refractivity contribution is -0.0272. The van der Waals surface area contributed by atoms with Gasteiger partial charge in [0, 0.05) is 24.7 Å². The second-order valence-electron chi connectivity index (χ2n) is 6.03. The van der Waals surface area contributed by atoms with Crippen LogP contribution in [0.5, 0.6) is 5.75 Å². The summed E-state index contributed by atoms with van der Waals surface area (Å²) in [5.41, 5.74) is 2.85. The van der Waals surface area contributed by atoms with Crippen LogP contribution in [-0.2, 0) is 11.2 Å². The third kappa shape index (κ3) is 2.80. The van der Waals surface area contributed by atoms with Gasteiger partial charge in [-0.25, -0.2) is 0 Å². The van der Waals surface area contributed by atoms with E-state index < -0.39 is 0 Å². The number of likely N-dealkylation sites (N-methyl/N-ethyl adjacent to an activating group) is 1. The van der Waals surface area contributed by atoms with Gasteiger partial charge in [-0.15, -0.1) is 0 Å². The Morgan fingerprint density at radius 3 is 3.00 bits per heavy atom. The van der Waals surface area contributed by atoms with Gasteiger partial charge in [0.25, 0.3) is 0 Å². The maximum atomic E-state index is 5.60. The SMILES string of the molecule is CCNC1c2cc(OC)ccc2CC1N1CCOCC1C. The van der Waals surface area contributed by atoms with E-state index in [-0.39, 0.29) is 0 Å². The molecule has 3 unspecified atom stereocenters. The molecule has 1 heterocycles. The van der Waals surface area contributed by atoms with Gasteiger partial charge >= 0.3 is 0 Å². The predicted octanol–water partition coefficient (Wildman–Crippen LogP) is 1.99. The van der Waals surface area contributed by atoms with Crippen LogP contribution >= 0.6 is 0 Å². The highest BCUT2D eigenvalue weighted by atomic mass is 16.5. The summed E-state index contributed by atoms with van der Waals surface area (Å²) in [4.78, 5) is 2.61. The Morgan fingerprint density at radius 1 is 1.43 bits per heavy atom. The summed E-state index contributed by atoms with van der Waals surface area (Å²) >= 11 is 0. The monoisotopic (exact) mass is 290 g/mol. The number of nitrogens with one attached hydrogen (secondary N) is 1. The molecule has 0 amide bonds. The third-order valence-corrected chi connectivity index (χ3v) is 4.77. The second-order valence-corrected chi connectivity index (χ2v) is 6.03. The Labute approximate surface area is 127 Å². The van der Waals surface area contributed by atoms with Gasteiger partial charge in [-0.2, -0.15) is 0 Å². The van der Waals surface area contributed by atoms with Gasteiger partial charge in [0.15, 0.2) is 0 Å². The molecule has 0 aromatic heterocycles. The summed E-state index contributed by atoms with van der Waals surface area (Å²) in [5.74, 6) is 0.951. The lowest BCUT2D eigenvalue weighted by Crippen LogP contribution is -2.52. The van der Waals surface area contributed by atoms with E-state index in [4.69, 9.17) is 9.47 Å². The summed E-state index contributed by atoms with van der Waals surface area (Å²) in [5, 5.41) is 3.68. The molecule has 1 aromatic rings. The van der Waals surface area contributed by atoms with E-state index in [0.29, 0.717) is 18.1 Å². The molecule has 2 aliphatic rings. The zero-order valence-electron chi connectivity index (χ0n) is 13.3. The number of nitrogens with zero attached hydrogens (tertiary/aromatic N) is 1. The van der Waals surface area contributed by atoms with Gasteiger partial charge in [0.05, 0.1) is 20.3 Å². The Bertz CT molecular complexity index is 492. The molecular weight excluding hydrogens is 264 g/mol. The highest BCUT2D eigenvalue weighted by Crippen LogP contribution is 2.37. The van der Waals surface area contributed by atoms with Crippen LogP contribution < -0.4 is 10.1 Å². The van der Waals surface area contributed by atoms with Crippen LogP contribution in [0.1, 0.15) is 31.0 Å². The fraction of sp³-hybridized carbons (Fsp3) is 0.647. The molecule has 3 atom stereocenters. The number of morpholine rings is 1. The van der Waals surface area contributed by atoms with Crippen LogP contribution in [0.15, 0.2) is 18.2 Å². The summed E-state index contributed by atoms with van der Waals surface area (Å²) in [6, 6.07) is 7.90. The zero-order valence-corrected chi connectivity index (χ0v) is 13.3. The Hall–Kier alpha value is -1.10. The first-order chi connectivity index (χ1) is 10.2. The summed E-state index contributed by atoms with van der Waals surface area (Å²) in [6.07, 6.45) is 1.11. The van der Waals surface area contributed by atoms with E-state index in [2.05, 4.69) is 42.3 Å². The lowest BCUT2D eigenvalue weighted by atomic mass is 10.0. The molecule has 0 bridgehead atoms. The number of methoxy groups -OCH3 is 1.